The highest BCUT2D eigenvalue weighted by molar-refractivity contribution is 7.89. The van der Waals surface area contributed by atoms with E-state index in [1.807, 2.05) is 30.3 Å². The Labute approximate surface area is 187 Å². The SMILES string of the molecule is O=C(NCc1ccccc1F)[C@@H]1CC[C@H](c2ccccc2)N(S(=O)(=O)c2ccccc2)C1. The van der Waals surface area contributed by atoms with Crippen molar-refractivity contribution < 1.29 is 17.6 Å². The van der Waals surface area contributed by atoms with Crippen LogP contribution < -0.4 is 5.32 Å². The summed E-state index contributed by atoms with van der Waals surface area (Å²) in [6.07, 6.45) is 1.07. The van der Waals surface area contributed by atoms with Gasteiger partial charge in [0.2, 0.25) is 15.9 Å². The molecule has 0 spiro atoms. The lowest BCUT2D eigenvalue weighted by molar-refractivity contribution is -0.126. The number of hydrogen-bond acceptors (Lipinski definition) is 3. The van der Waals surface area contributed by atoms with Gasteiger partial charge in [0, 0.05) is 18.7 Å². The normalized spacial score (nSPS) is 19.4. The number of amides is 1. The van der Waals surface area contributed by atoms with E-state index in [0.717, 1.165) is 5.56 Å². The molecule has 0 radical (unpaired) electrons. The second-order valence-electron chi connectivity index (χ2n) is 7.90. The molecule has 0 bridgehead atoms. The van der Waals surface area contributed by atoms with Gasteiger partial charge in [-0.25, -0.2) is 12.8 Å². The van der Waals surface area contributed by atoms with Crippen molar-refractivity contribution in [1.82, 2.24) is 9.62 Å². The Bertz CT molecular complexity index is 1170. The van der Waals surface area contributed by atoms with Crippen molar-refractivity contribution in [2.45, 2.75) is 30.3 Å². The molecule has 1 fully saturated rings. The lowest BCUT2D eigenvalue weighted by Crippen LogP contribution is -2.46. The van der Waals surface area contributed by atoms with Crippen LogP contribution in [-0.2, 0) is 21.4 Å². The molecule has 1 saturated heterocycles. The standard InChI is InChI=1S/C25H25FN2O3S/c26-23-14-8-7-11-20(23)17-27-25(29)21-15-16-24(19-9-3-1-4-10-19)28(18-21)32(30,31)22-12-5-2-6-13-22/h1-14,21,24H,15-18H2,(H,27,29)/t21-,24-/m1/s1. The minimum atomic E-state index is -3.81. The van der Waals surface area contributed by atoms with Crippen molar-refractivity contribution in [3.8, 4) is 0 Å². The predicted molar refractivity (Wildman–Crippen MR) is 120 cm³/mol. The smallest absolute Gasteiger partial charge is 0.243 e. The summed E-state index contributed by atoms with van der Waals surface area (Å²) in [7, 11) is -3.81. The second kappa shape index (κ2) is 9.63. The number of sulfonamides is 1. The van der Waals surface area contributed by atoms with Crippen LogP contribution in [0.1, 0.15) is 30.0 Å². The van der Waals surface area contributed by atoms with Crippen LogP contribution >= 0.6 is 0 Å². The van der Waals surface area contributed by atoms with Gasteiger partial charge >= 0.3 is 0 Å². The van der Waals surface area contributed by atoms with E-state index in [-0.39, 0.29) is 35.8 Å². The van der Waals surface area contributed by atoms with E-state index in [1.165, 1.54) is 10.4 Å². The molecule has 1 N–H and O–H groups in total. The summed E-state index contributed by atoms with van der Waals surface area (Å²) < 4.78 is 42.3. The highest BCUT2D eigenvalue weighted by atomic mass is 32.2. The average molecular weight is 453 g/mol. The van der Waals surface area contributed by atoms with Crippen LogP contribution in [0.5, 0.6) is 0 Å². The lowest BCUT2D eigenvalue weighted by Gasteiger charge is -2.38. The number of rotatable bonds is 6. The van der Waals surface area contributed by atoms with Gasteiger partial charge < -0.3 is 5.32 Å². The van der Waals surface area contributed by atoms with Gasteiger partial charge in [-0.1, -0.05) is 66.7 Å². The molecule has 1 amide bonds. The highest BCUT2D eigenvalue weighted by Crippen LogP contribution is 2.37. The van der Waals surface area contributed by atoms with Crippen molar-refractivity contribution in [1.29, 1.82) is 0 Å². The monoisotopic (exact) mass is 452 g/mol. The van der Waals surface area contributed by atoms with Gasteiger partial charge in [-0.2, -0.15) is 4.31 Å². The maximum Gasteiger partial charge on any atom is 0.243 e. The van der Waals surface area contributed by atoms with E-state index >= 15 is 0 Å². The molecule has 166 valence electrons. The molecule has 32 heavy (non-hydrogen) atoms. The van der Waals surface area contributed by atoms with Crippen LogP contribution in [0.25, 0.3) is 0 Å². The van der Waals surface area contributed by atoms with Crippen LogP contribution in [0.2, 0.25) is 0 Å². The quantitative estimate of drug-likeness (QED) is 0.607. The van der Waals surface area contributed by atoms with Crippen LogP contribution in [0.15, 0.2) is 89.8 Å². The Morgan fingerprint density at radius 1 is 0.906 bits per heavy atom. The maximum absolute atomic E-state index is 13.9. The molecule has 0 unspecified atom stereocenters. The Hall–Kier alpha value is -3.03. The van der Waals surface area contributed by atoms with E-state index in [9.17, 15) is 17.6 Å². The Morgan fingerprint density at radius 2 is 1.53 bits per heavy atom. The van der Waals surface area contributed by atoms with Gasteiger partial charge in [-0.3, -0.25) is 4.79 Å². The van der Waals surface area contributed by atoms with Crippen molar-refractivity contribution in [2.24, 2.45) is 5.92 Å². The number of benzene rings is 3. The van der Waals surface area contributed by atoms with Gasteiger partial charge in [0.15, 0.2) is 0 Å². The van der Waals surface area contributed by atoms with E-state index in [4.69, 9.17) is 0 Å². The van der Waals surface area contributed by atoms with Crippen LogP contribution in [0.4, 0.5) is 4.39 Å². The number of halogens is 1. The van der Waals surface area contributed by atoms with Gasteiger partial charge in [-0.05, 0) is 36.6 Å². The number of hydrogen-bond donors (Lipinski definition) is 1. The molecule has 4 rings (SSSR count). The van der Waals surface area contributed by atoms with Crippen LogP contribution in [0, 0.1) is 11.7 Å². The minimum absolute atomic E-state index is 0.0650. The summed E-state index contributed by atoms with van der Waals surface area (Å²) in [5, 5.41) is 2.78. The lowest BCUT2D eigenvalue weighted by atomic mass is 9.90. The second-order valence-corrected chi connectivity index (χ2v) is 9.79. The minimum Gasteiger partial charge on any atom is -0.352 e. The number of carbonyl (C=O) groups is 1. The molecule has 0 aromatic heterocycles. The molecule has 3 aromatic carbocycles. The van der Waals surface area contributed by atoms with Crippen molar-refractivity contribution in [3.63, 3.8) is 0 Å². The Balaban J connectivity index is 1.57. The average Bonchev–Trinajstić information content (AvgIpc) is 2.84. The number of nitrogens with one attached hydrogen (secondary N) is 1. The van der Waals surface area contributed by atoms with E-state index in [2.05, 4.69) is 5.32 Å². The molecule has 1 aliphatic rings. The largest absolute Gasteiger partial charge is 0.352 e. The third-order valence-electron chi connectivity index (χ3n) is 5.85. The van der Waals surface area contributed by atoms with Gasteiger partial charge in [0.05, 0.1) is 16.9 Å². The van der Waals surface area contributed by atoms with Gasteiger partial charge in [0.25, 0.3) is 0 Å². The zero-order valence-electron chi connectivity index (χ0n) is 17.5. The summed E-state index contributed by atoms with van der Waals surface area (Å²) in [6, 6.07) is 23.7. The van der Waals surface area contributed by atoms with E-state index in [1.54, 1.807) is 48.5 Å². The number of nitrogens with zero attached hydrogens (tertiary/aromatic N) is 1. The fourth-order valence-electron chi connectivity index (χ4n) is 4.12. The maximum atomic E-state index is 13.9. The summed E-state index contributed by atoms with van der Waals surface area (Å²) in [6.45, 7) is 0.134. The number of piperidine rings is 1. The van der Waals surface area contributed by atoms with Crippen molar-refractivity contribution in [2.75, 3.05) is 6.54 Å². The molecule has 1 aliphatic heterocycles. The van der Waals surface area contributed by atoms with Crippen molar-refractivity contribution >= 4 is 15.9 Å². The van der Waals surface area contributed by atoms with Crippen LogP contribution in [-0.4, -0.2) is 25.2 Å². The van der Waals surface area contributed by atoms with E-state index < -0.39 is 15.9 Å². The summed E-state index contributed by atoms with van der Waals surface area (Å²) in [5.74, 6) is -1.16. The molecule has 3 aromatic rings. The third-order valence-corrected chi connectivity index (χ3v) is 7.74. The topological polar surface area (TPSA) is 66.5 Å². The molecule has 5 nitrogen and oxygen atoms in total. The van der Waals surface area contributed by atoms with E-state index in [0.29, 0.717) is 18.4 Å². The molecule has 0 aliphatic carbocycles. The summed E-state index contributed by atoms with van der Waals surface area (Å²) in [4.78, 5) is 13.1. The first-order valence-electron chi connectivity index (χ1n) is 10.6. The highest BCUT2D eigenvalue weighted by Gasteiger charge is 2.39. The predicted octanol–water partition coefficient (Wildman–Crippen LogP) is 4.28. The first-order chi connectivity index (χ1) is 15.5. The molecular formula is C25H25FN2O3S. The summed E-state index contributed by atoms with van der Waals surface area (Å²) >= 11 is 0. The van der Waals surface area contributed by atoms with Gasteiger partial charge in [0.1, 0.15) is 5.82 Å². The Morgan fingerprint density at radius 3 is 2.22 bits per heavy atom. The first-order valence-corrected chi connectivity index (χ1v) is 12.0. The molecule has 7 heteroatoms. The third kappa shape index (κ3) is 4.74. The fraction of sp³-hybridized carbons (Fsp3) is 0.240. The first kappa shape index (κ1) is 22.2. The molecule has 1 heterocycles. The molecule has 2 atom stereocenters. The zero-order chi connectivity index (χ0) is 22.6. The Kier molecular flexibility index (Phi) is 6.67. The molecular weight excluding hydrogens is 427 g/mol. The zero-order valence-corrected chi connectivity index (χ0v) is 18.3. The fourth-order valence-corrected chi connectivity index (χ4v) is 5.83. The summed E-state index contributed by atoms with van der Waals surface area (Å²) in [5.41, 5.74) is 1.30. The van der Waals surface area contributed by atoms with Gasteiger partial charge in [-0.15, -0.1) is 0 Å². The molecule has 0 saturated carbocycles. The van der Waals surface area contributed by atoms with Crippen molar-refractivity contribution in [3.05, 3.63) is 102 Å². The van der Waals surface area contributed by atoms with Crippen LogP contribution in [0.3, 0.4) is 0 Å². The number of carbonyl (C=O) groups excluding carboxylic acids is 1.